The van der Waals surface area contributed by atoms with E-state index in [-0.39, 0.29) is 11.7 Å². The van der Waals surface area contributed by atoms with Gasteiger partial charge in [0, 0.05) is 26.6 Å². The normalized spacial score (nSPS) is 21.1. The highest BCUT2D eigenvalue weighted by molar-refractivity contribution is 9.10. The van der Waals surface area contributed by atoms with Crippen LogP contribution in [0.5, 0.6) is 0 Å². The van der Waals surface area contributed by atoms with E-state index in [0.29, 0.717) is 22.0 Å². The Kier molecular flexibility index (Phi) is 8.39. The van der Waals surface area contributed by atoms with Gasteiger partial charge in [-0.2, -0.15) is 5.26 Å². The fraction of sp³-hybridized carbons (Fsp3) is 0.222. The number of para-hydroxylation sites is 1. The van der Waals surface area contributed by atoms with Crippen LogP contribution in [-0.2, 0) is 9.59 Å². The highest BCUT2D eigenvalue weighted by atomic mass is 79.9. The van der Waals surface area contributed by atoms with Crippen LogP contribution in [-0.4, -0.2) is 28.4 Å². The first-order valence-corrected chi connectivity index (χ1v) is 14.1. The molecule has 3 atom stereocenters. The second kappa shape index (κ2) is 11.5. The van der Waals surface area contributed by atoms with Gasteiger partial charge in [-0.25, -0.2) is 0 Å². The highest BCUT2D eigenvalue weighted by Gasteiger charge is 2.50. The third-order valence-corrected chi connectivity index (χ3v) is 8.49. The van der Waals surface area contributed by atoms with Gasteiger partial charge in [-0.3, -0.25) is 9.59 Å². The molecule has 7 nitrogen and oxygen atoms in total. The van der Waals surface area contributed by atoms with Gasteiger partial charge in [0.05, 0.1) is 28.3 Å². The van der Waals surface area contributed by atoms with Crippen molar-refractivity contribution in [3.63, 3.8) is 0 Å². The SMILES string of the molecule is Cc1ccccc1NC(=O)[C@H]1[C@H](c2cccs2)C(C#N)=C(SCC(=O)Nc2ccc(Br)cc2)N[C@@]1(C)O. The molecule has 10 heteroatoms. The number of carbonyl (C=O) groups is 2. The van der Waals surface area contributed by atoms with E-state index in [9.17, 15) is 20.0 Å². The lowest BCUT2D eigenvalue weighted by Crippen LogP contribution is -2.57. The monoisotopic (exact) mass is 596 g/mol. The first-order chi connectivity index (χ1) is 17.7. The molecular formula is C27H25BrN4O3S2. The third kappa shape index (κ3) is 6.25. The summed E-state index contributed by atoms with van der Waals surface area (Å²) >= 11 is 5.90. The topological polar surface area (TPSA) is 114 Å². The summed E-state index contributed by atoms with van der Waals surface area (Å²) in [5.41, 5.74) is 0.792. The van der Waals surface area contributed by atoms with E-state index in [1.54, 1.807) is 18.2 Å². The van der Waals surface area contributed by atoms with Crippen molar-refractivity contribution in [1.82, 2.24) is 5.32 Å². The van der Waals surface area contributed by atoms with Crippen LogP contribution in [0.4, 0.5) is 11.4 Å². The average Bonchev–Trinajstić information content (AvgIpc) is 3.39. The van der Waals surface area contributed by atoms with Crippen molar-refractivity contribution < 1.29 is 14.7 Å². The maximum Gasteiger partial charge on any atom is 0.234 e. The van der Waals surface area contributed by atoms with Crippen LogP contribution in [0, 0.1) is 24.2 Å². The number of nitriles is 1. The molecule has 4 N–H and O–H groups in total. The number of benzene rings is 2. The molecule has 0 saturated heterocycles. The number of nitrogens with one attached hydrogen (secondary N) is 3. The summed E-state index contributed by atoms with van der Waals surface area (Å²) in [4.78, 5) is 27.0. The summed E-state index contributed by atoms with van der Waals surface area (Å²) in [5.74, 6) is -2.35. The minimum absolute atomic E-state index is 0.0108. The van der Waals surface area contributed by atoms with Gasteiger partial charge < -0.3 is 21.1 Å². The lowest BCUT2D eigenvalue weighted by Gasteiger charge is -2.43. The van der Waals surface area contributed by atoms with Crippen molar-refractivity contribution in [2.75, 3.05) is 16.4 Å². The molecule has 2 amide bonds. The van der Waals surface area contributed by atoms with Crippen LogP contribution in [0.1, 0.15) is 23.3 Å². The Hall–Kier alpha value is -3.10. The van der Waals surface area contributed by atoms with Crippen LogP contribution in [0.2, 0.25) is 0 Å². The van der Waals surface area contributed by atoms with E-state index in [0.717, 1.165) is 26.7 Å². The Labute approximate surface area is 232 Å². The van der Waals surface area contributed by atoms with E-state index in [1.807, 2.05) is 54.8 Å². The van der Waals surface area contributed by atoms with Crippen molar-refractivity contribution in [3.05, 3.63) is 91.6 Å². The first-order valence-electron chi connectivity index (χ1n) is 11.4. The summed E-state index contributed by atoms with van der Waals surface area (Å²) in [6, 6.07) is 20.5. The van der Waals surface area contributed by atoms with Crippen molar-refractivity contribution in [3.8, 4) is 6.07 Å². The minimum Gasteiger partial charge on any atom is -0.370 e. The Bertz CT molecular complexity index is 1370. The fourth-order valence-electron chi connectivity index (χ4n) is 4.21. The largest absolute Gasteiger partial charge is 0.370 e. The summed E-state index contributed by atoms with van der Waals surface area (Å²) < 4.78 is 0.901. The summed E-state index contributed by atoms with van der Waals surface area (Å²) in [6.45, 7) is 3.41. The van der Waals surface area contributed by atoms with Crippen molar-refractivity contribution in [2.45, 2.75) is 25.5 Å². The molecule has 0 fully saturated rings. The van der Waals surface area contributed by atoms with E-state index in [2.05, 4.69) is 37.9 Å². The van der Waals surface area contributed by atoms with Gasteiger partial charge in [0.25, 0.3) is 0 Å². The molecule has 0 radical (unpaired) electrons. The number of aryl methyl sites for hydroxylation is 1. The van der Waals surface area contributed by atoms with Gasteiger partial charge in [0.2, 0.25) is 11.8 Å². The Morgan fingerprint density at radius 2 is 1.89 bits per heavy atom. The number of nitrogens with zero attached hydrogens (tertiary/aromatic N) is 1. The number of halogens is 1. The molecule has 0 bridgehead atoms. The lowest BCUT2D eigenvalue weighted by atomic mass is 9.76. The maximum absolute atomic E-state index is 13.6. The molecule has 1 aliphatic rings. The molecule has 0 spiro atoms. The van der Waals surface area contributed by atoms with E-state index >= 15 is 0 Å². The predicted octanol–water partition coefficient (Wildman–Crippen LogP) is 5.58. The minimum atomic E-state index is -1.69. The molecular weight excluding hydrogens is 572 g/mol. The number of hydrogen-bond acceptors (Lipinski definition) is 7. The molecule has 190 valence electrons. The summed E-state index contributed by atoms with van der Waals surface area (Å²) in [5, 5.41) is 32.7. The fourth-order valence-corrected chi connectivity index (χ4v) is 6.31. The first kappa shape index (κ1) is 26.9. The number of anilines is 2. The quantitative estimate of drug-likeness (QED) is 0.283. The van der Waals surface area contributed by atoms with Gasteiger partial charge in [-0.15, -0.1) is 11.3 Å². The number of allylic oxidation sites excluding steroid dienone is 1. The summed E-state index contributed by atoms with van der Waals surface area (Å²) in [7, 11) is 0. The van der Waals surface area contributed by atoms with E-state index in [4.69, 9.17) is 0 Å². The second-order valence-corrected chi connectivity index (χ2v) is 11.6. The van der Waals surface area contributed by atoms with Crippen LogP contribution in [0.15, 0.2) is 81.1 Å². The van der Waals surface area contributed by atoms with E-state index in [1.165, 1.54) is 18.3 Å². The third-order valence-electron chi connectivity index (χ3n) is 5.99. The van der Waals surface area contributed by atoms with Crippen LogP contribution >= 0.6 is 39.0 Å². The molecule has 37 heavy (non-hydrogen) atoms. The van der Waals surface area contributed by atoms with Crippen molar-refractivity contribution in [1.29, 1.82) is 5.26 Å². The zero-order valence-electron chi connectivity index (χ0n) is 20.1. The molecule has 1 aliphatic heterocycles. The molecule has 4 rings (SSSR count). The van der Waals surface area contributed by atoms with Gasteiger partial charge >= 0.3 is 0 Å². The number of rotatable bonds is 7. The highest BCUT2D eigenvalue weighted by Crippen LogP contribution is 2.46. The molecule has 0 saturated carbocycles. The van der Waals surface area contributed by atoms with Gasteiger partial charge in [-0.05, 0) is 61.2 Å². The van der Waals surface area contributed by atoms with Crippen molar-refractivity contribution in [2.24, 2.45) is 5.92 Å². The Morgan fingerprint density at radius 3 is 2.54 bits per heavy atom. The second-order valence-electron chi connectivity index (χ2n) is 8.75. The number of thioether (sulfide) groups is 1. The number of hydrogen-bond donors (Lipinski definition) is 4. The summed E-state index contributed by atoms with van der Waals surface area (Å²) in [6.07, 6.45) is 0. The molecule has 2 aromatic carbocycles. The number of aliphatic hydroxyl groups is 1. The standard InChI is InChI=1S/C27H25BrN4O3S2/c1-16-6-3-4-7-20(16)31-25(34)24-23(21-8-5-13-36-21)19(14-29)26(32-27(24,2)35)37-15-22(33)30-18-11-9-17(28)10-12-18/h3-13,23-24,32,35H,15H2,1-2H3,(H,30,33)(H,31,34)/t23-,24+,27-/m0/s1. The molecule has 1 aromatic heterocycles. The van der Waals surface area contributed by atoms with Crippen LogP contribution in [0.3, 0.4) is 0 Å². The number of carbonyl (C=O) groups excluding carboxylic acids is 2. The Balaban J connectivity index is 1.62. The zero-order valence-corrected chi connectivity index (χ0v) is 23.3. The van der Waals surface area contributed by atoms with Crippen molar-refractivity contribution >= 4 is 62.2 Å². The number of amides is 2. The smallest absolute Gasteiger partial charge is 0.234 e. The molecule has 3 aromatic rings. The molecule has 0 aliphatic carbocycles. The van der Waals surface area contributed by atoms with E-state index < -0.39 is 23.5 Å². The molecule has 2 heterocycles. The predicted molar refractivity (Wildman–Crippen MR) is 152 cm³/mol. The molecule has 0 unspecified atom stereocenters. The van der Waals surface area contributed by atoms with Gasteiger partial charge in [-0.1, -0.05) is 52.0 Å². The average molecular weight is 598 g/mol. The number of thiophene rings is 1. The Morgan fingerprint density at radius 1 is 1.16 bits per heavy atom. The van der Waals surface area contributed by atoms with Crippen LogP contribution in [0.25, 0.3) is 0 Å². The lowest BCUT2D eigenvalue weighted by molar-refractivity contribution is -0.131. The maximum atomic E-state index is 13.6. The van der Waals surface area contributed by atoms with Gasteiger partial charge in [0.15, 0.2) is 0 Å². The van der Waals surface area contributed by atoms with Gasteiger partial charge in [0.1, 0.15) is 5.72 Å². The zero-order chi connectivity index (χ0) is 26.6. The van der Waals surface area contributed by atoms with Crippen LogP contribution < -0.4 is 16.0 Å².